The van der Waals surface area contributed by atoms with Crippen molar-refractivity contribution in [3.8, 4) is 0 Å². The number of carboxylic acids is 2. The average molecular weight is 553 g/mol. The summed E-state index contributed by atoms with van der Waals surface area (Å²) in [6, 6.07) is 4.43. The normalized spacial score (nSPS) is 13.2. The Labute approximate surface area is 227 Å². The van der Waals surface area contributed by atoms with Crippen LogP contribution in [0.1, 0.15) is 40.3 Å². The highest BCUT2D eigenvalue weighted by molar-refractivity contribution is 5.92. The second kappa shape index (κ2) is 11.6. The third-order valence-corrected chi connectivity index (χ3v) is 6.60. The van der Waals surface area contributed by atoms with Crippen LogP contribution in [0.15, 0.2) is 40.2 Å². The molecule has 0 atom stereocenters. The number of aromatic nitrogens is 4. The van der Waals surface area contributed by atoms with Crippen molar-refractivity contribution in [2.24, 2.45) is 0 Å². The molecule has 12 nitrogen and oxygen atoms in total. The van der Waals surface area contributed by atoms with Gasteiger partial charge in [-0.2, -0.15) is 0 Å². The molecule has 0 amide bonds. The van der Waals surface area contributed by atoms with Gasteiger partial charge in [-0.1, -0.05) is 0 Å². The topological polar surface area (TPSA) is 160 Å². The van der Waals surface area contributed by atoms with Gasteiger partial charge in [0.1, 0.15) is 22.4 Å². The predicted molar refractivity (Wildman–Crippen MR) is 147 cm³/mol. The first-order chi connectivity index (χ1) is 19.1. The van der Waals surface area contributed by atoms with Crippen LogP contribution in [0.25, 0.3) is 22.1 Å². The van der Waals surface area contributed by atoms with Crippen LogP contribution < -0.4 is 21.1 Å². The summed E-state index contributed by atoms with van der Waals surface area (Å²) in [7, 11) is 0. The van der Waals surface area contributed by atoms with E-state index in [-0.39, 0.29) is 22.3 Å². The lowest BCUT2D eigenvalue weighted by atomic mass is 10.2. The molecule has 5 rings (SSSR count). The molecule has 1 aliphatic heterocycles. The summed E-state index contributed by atoms with van der Waals surface area (Å²) >= 11 is 0. The van der Waals surface area contributed by atoms with Crippen molar-refractivity contribution >= 4 is 39.8 Å². The highest BCUT2D eigenvalue weighted by Gasteiger charge is 2.21. The van der Waals surface area contributed by atoms with Crippen molar-refractivity contribution in [3.05, 3.63) is 73.7 Å². The Balaban J connectivity index is 0.000000194. The van der Waals surface area contributed by atoms with E-state index in [2.05, 4.69) is 15.3 Å². The molecule has 1 fully saturated rings. The minimum absolute atomic E-state index is 0.0110. The van der Waals surface area contributed by atoms with E-state index >= 15 is 0 Å². The van der Waals surface area contributed by atoms with Gasteiger partial charge in [-0.15, -0.1) is 0 Å². The van der Waals surface area contributed by atoms with Gasteiger partial charge in [0.05, 0.1) is 10.8 Å². The smallest absolute Gasteiger partial charge is 0.341 e. The van der Waals surface area contributed by atoms with Gasteiger partial charge in [-0.05, 0) is 39.0 Å². The number of aryl methyl sites for hydroxylation is 3. The Morgan fingerprint density at radius 1 is 0.900 bits per heavy atom. The first-order valence-corrected chi connectivity index (χ1v) is 12.7. The molecule has 0 aromatic carbocycles. The Hall–Kier alpha value is -4.65. The maximum atomic E-state index is 14.4. The minimum Gasteiger partial charge on any atom is -0.477 e. The molecule has 5 heterocycles. The van der Waals surface area contributed by atoms with Crippen LogP contribution in [0.2, 0.25) is 0 Å². The minimum atomic E-state index is -1.33. The average Bonchev–Trinajstić information content (AvgIpc) is 2.94. The van der Waals surface area contributed by atoms with E-state index in [0.29, 0.717) is 42.9 Å². The monoisotopic (exact) mass is 552 g/mol. The van der Waals surface area contributed by atoms with Crippen LogP contribution in [0.4, 0.5) is 10.2 Å². The zero-order chi connectivity index (χ0) is 29.1. The molecular formula is C27H29FN6O6. The van der Waals surface area contributed by atoms with Gasteiger partial charge in [0.15, 0.2) is 11.6 Å². The van der Waals surface area contributed by atoms with Gasteiger partial charge < -0.3 is 29.6 Å². The lowest BCUT2D eigenvalue weighted by molar-refractivity contribution is 0.0684. The number of pyridine rings is 4. The molecule has 4 aromatic rings. The molecular weight excluding hydrogens is 523 g/mol. The molecule has 1 aliphatic rings. The second-order valence-corrected chi connectivity index (χ2v) is 9.15. The molecule has 0 radical (unpaired) electrons. The third kappa shape index (κ3) is 5.41. The second-order valence-electron chi connectivity index (χ2n) is 9.15. The molecule has 40 heavy (non-hydrogen) atoms. The van der Waals surface area contributed by atoms with Gasteiger partial charge in [-0.25, -0.2) is 23.9 Å². The van der Waals surface area contributed by atoms with Crippen LogP contribution >= 0.6 is 0 Å². The summed E-state index contributed by atoms with van der Waals surface area (Å²) in [6.07, 6.45) is 2.61. The van der Waals surface area contributed by atoms with Crippen LogP contribution in [-0.4, -0.2) is 67.4 Å². The van der Waals surface area contributed by atoms with E-state index in [1.54, 1.807) is 21.3 Å². The first kappa shape index (κ1) is 28.4. The van der Waals surface area contributed by atoms with Gasteiger partial charge in [-0.3, -0.25) is 9.59 Å². The number of nitrogens with zero attached hydrogens (tertiary/aromatic N) is 5. The van der Waals surface area contributed by atoms with Gasteiger partial charge in [0.25, 0.3) is 0 Å². The Morgan fingerprint density at radius 3 is 1.95 bits per heavy atom. The number of halogens is 1. The van der Waals surface area contributed by atoms with E-state index in [4.69, 9.17) is 10.2 Å². The number of piperazine rings is 1. The molecule has 0 bridgehead atoms. The Morgan fingerprint density at radius 2 is 1.43 bits per heavy atom. The lowest BCUT2D eigenvalue weighted by Crippen LogP contribution is -2.44. The third-order valence-electron chi connectivity index (χ3n) is 6.60. The molecule has 0 spiro atoms. The van der Waals surface area contributed by atoms with Crippen molar-refractivity contribution in [2.45, 2.75) is 33.9 Å². The molecule has 0 unspecified atom stereocenters. The number of anilines is 1. The number of aromatic carboxylic acids is 2. The van der Waals surface area contributed by atoms with Gasteiger partial charge in [0.2, 0.25) is 10.9 Å². The van der Waals surface area contributed by atoms with Crippen LogP contribution in [0.3, 0.4) is 0 Å². The summed E-state index contributed by atoms with van der Waals surface area (Å²) in [5.74, 6) is -2.95. The van der Waals surface area contributed by atoms with Crippen LogP contribution in [0, 0.1) is 12.7 Å². The molecule has 210 valence electrons. The molecule has 1 saturated heterocycles. The lowest BCUT2D eigenvalue weighted by Gasteiger charge is -2.29. The number of hydrogen-bond donors (Lipinski definition) is 3. The quantitative estimate of drug-likeness (QED) is 0.335. The van der Waals surface area contributed by atoms with E-state index < -0.39 is 28.6 Å². The fourth-order valence-electron chi connectivity index (χ4n) is 4.52. The van der Waals surface area contributed by atoms with Crippen molar-refractivity contribution < 1.29 is 24.2 Å². The van der Waals surface area contributed by atoms with Crippen molar-refractivity contribution in [3.63, 3.8) is 0 Å². The maximum Gasteiger partial charge on any atom is 0.341 e. The predicted octanol–water partition coefficient (Wildman–Crippen LogP) is 2.09. The molecule has 0 aliphatic carbocycles. The fourth-order valence-corrected chi connectivity index (χ4v) is 4.52. The molecule has 0 saturated carbocycles. The standard InChI is InChI=1S/C15H17FN4O3.C12H12N2O3/c1-2-19-8-10(15(22)23)12(21)9-7-11(16)14(18-13(9)19)20-5-3-17-4-6-20;1-3-14-6-9(12(16)17)10(15)8-5-4-7(2)13-11(8)14/h7-8,17H,2-6H2,1H3,(H,22,23);4-6H,3H2,1-2H3,(H,16,17). The largest absolute Gasteiger partial charge is 0.477 e. The highest BCUT2D eigenvalue weighted by atomic mass is 19.1. The first-order valence-electron chi connectivity index (χ1n) is 12.7. The number of hydrogen-bond acceptors (Lipinski definition) is 8. The van der Waals surface area contributed by atoms with Crippen molar-refractivity contribution in [1.82, 2.24) is 24.4 Å². The van der Waals surface area contributed by atoms with E-state index in [1.807, 2.05) is 25.7 Å². The Kier molecular flexibility index (Phi) is 8.24. The fraction of sp³-hybridized carbons (Fsp3) is 0.333. The van der Waals surface area contributed by atoms with E-state index in [0.717, 1.165) is 24.8 Å². The van der Waals surface area contributed by atoms with Crippen LogP contribution in [-0.2, 0) is 13.1 Å². The Bertz CT molecular complexity index is 1740. The van der Waals surface area contributed by atoms with Gasteiger partial charge in [0, 0.05) is 57.4 Å². The molecule has 13 heteroatoms. The summed E-state index contributed by atoms with van der Waals surface area (Å²) < 4.78 is 17.7. The zero-order valence-corrected chi connectivity index (χ0v) is 22.3. The molecule has 3 N–H and O–H groups in total. The number of carbonyl (C=O) groups is 2. The number of fused-ring (bicyclic) bond motifs is 2. The zero-order valence-electron chi connectivity index (χ0n) is 22.3. The van der Waals surface area contributed by atoms with Gasteiger partial charge >= 0.3 is 11.9 Å². The highest BCUT2D eigenvalue weighted by Crippen LogP contribution is 2.22. The number of nitrogens with one attached hydrogen (secondary N) is 1. The van der Waals surface area contributed by atoms with E-state index in [9.17, 15) is 23.6 Å². The summed E-state index contributed by atoms with van der Waals surface area (Å²) in [6.45, 7) is 9.22. The number of carboxylic acid groups (broad SMARTS) is 2. The SMILES string of the molecule is CCn1cc(C(=O)O)c(=O)c2cc(F)c(N3CCNCC3)nc21.CCn1cc(C(=O)O)c(=O)c2ccc(C)nc21. The molecule has 4 aromatic heterocycles. The number of rotatable bonds is 5. The maximum absolute atomic E-state index is 14.4. The van der Waals surface area contributed by atoms with E-state index in [1.165, 1.54) is 12.4 Å². The van der Waals surface area contributed by atoms with Crippen molar-refractivity contribution in [1.29, 1.82) is 0 Å². The summed E-state index contributed by atoms with van der Waals surface area (Å²) in [5, 5.41) is 21.6. The summed E-state index contributed by atoms with van der Waals surface area (Å²) in [5.41, 5.74) is -0.164. The van der Waals surface area contributed by atoms with Crippen molar-refractivity contribution in [2.75, 3.05) is 31.1 Å². The summed E-state index contributed by atoms with van der Waals surface area (Å²) in [4.78, 5) is 56.7. The van der Waals surface area contributed by atoms with Crippen LogP contribution in [0.5, 0.6) is 0 Å².